The number of unbranched alkanes of at least 4 members (excludes halogenated alkanes) is 1. The van der Waals surface area contributed by atoms with Crippen LogP contribution < -0.4 is 25.3 Å². The first kappa shape index (κ1) is 23.6. The molecule has 0 saturated carbocycles. The predicted molar refractivity (Wildman–Crippen MR) is 145 cm³/mol. The predicted octanol–water partition coefficient (Wildman–Crippen LogP) is 4.99. The van der Waals surface area contributed by atoms with Crippen molar-refractivity contribution in [2.75, 3.05) is 19.1 Å². The van der Waals surface area contributed by atoms with Crippen molar-refractivity contribution in [1.82, 2.24) is 19.9 Å². The molecule has 3 aromatic carbocycles. The summed E-state index contributed by atoms with van der Waals surface area (Å²) in [6.07, 6.45) is 2.06. The summed E-state index contributed by atoms with van der Waals surface area (Å²) in [6.45, 7) is 3.27. The Morgan fingerprint density at radius 2 is 1.79 bits per heavy atom. The third kappa shape index (κ3) is 4.32. The summed E-state index contributed by atoms with van der Waals surface area (Å²) in [5.41, 5.74) is 10.9. The number of nitrogens with one attached hydrogen (secondary N) is 1. The largest absolute Gasteiger partial charge is 0.494 e. The van der Waals surface area contributed by atoms with E-state index in [0.29, 0.717) is 40.3 Å². The van der Waals surface area contributed by atoms with Crippen LogP contribution in [0.2, 0.25) is 0 Å². The lowest BCUT2D eigenvalue weighted by Gasteiger charge is -2.10. The lowest BCUT2D eigenvalue weighted by atomic mass is 10.2. The Bertz CT molecular complexity index is 1650. The summed E-state index contributed by atoms with van der Waals surface area (Å²) >= 11 is 0. The zero-order valence-corrected chi connectivity index (χ0v) is 20.9. The van der Waals surface area contributed by atoms with Crippen molar-refractivity contribution < 1.29 is 19.0 Å². The van der Waals surface area contributed by atoms with Gasteiger partial charge in [0.1, 0.15) is 22.6 Å². The SMILES string of the molecule is CCCCOc1ccc(-n2c(N)c(C(=O)NCc3ccc4c(c3)OCO4)c3nc4ccccc4nc32)cc1. The van der Waals surface area contributed by atoms with Gasteiger partial charge in [0.05, 0.1) is 17.6 Å². The standard InChI is InChI=1S/C29H27N5O4/c1-2-3-14-36-20-11-9-19(10-12-20)34-27(30)25(26-28(34)33-22-7-5-4-6-21(22)32-26)29(35)31-16-18-8-13-23-24(15-18)38-17-37-23/h4-13,15H,2-3,14,16-17,30H2,1H3,(H,31,35). The molecule has 0 spiro atoms. The van der Waals surface area contributed by atoms with Gasteiger partial charge in [-0.25, -0.2) is 9.97 Å². The number of rotatable bonds is 8. The fourth-order valence-electron chi connectivity index (χ4n) is 4.49. The van der Waals surface area contributed by atoms with Gasteiger partial charge in [0.25, 0.3) is 5.91 Å². The molecule has 9 heteroatoms. The molecule has 0 fully saturated rings. The van der Waals surface area contributed by atoms with Crippen LogP contribution in [0.25, 0.3) is 27.9 Å². The highest BCUT2D eigenvalue weighted by molar-refractivity contribution is 6.11. The number of aromatic nitrogens is 3. The van der Waals surface area contributed by atoms with Crippen LogP contribution in [0.15, 0.2) is 66.7 Å². The number of nitrogens with zero attached hydrogens (tertiary/aromatic N) is 3. The lowest BCUT2D eigenvalue weighted by molar-refractivity contribution is 0.0953. The van der Waals surface area contributed by atoms with Crippen LogP contribution in [-0.2, 0) is 6.54 Å². The van der Waals surface area contributed by atoms with Crippen LogP contribution in [0, 0.1) is 0 Å². The van der Waals surface area contributed by atoms with Gasteiger partial charge < -0.3 is 25.3 Å². The summed E-state index contributed by atoms with van der Waals surface area (Å²) < 4.78 is 18.4. The quantitative estimate of drug-likeness (QED) is 0.283. The Morgan fingerprint density at radius 3 is 2.58 bits per heavy atom. The van der Waals surface area contributed by atoms with Gasteiger partial charge in [0.2, 0.25) is 6.79 Å². The number of ether oxygens (including phenoxy) is 3. The summed E-state index contributed by atoms with van der Waals surface area (Å²) in [5.74, 6) is 2.05. The van der Waals surface area contributed by atoms with Crippen LogP contribution in [-0.4, -0.2) is 33.8 Å². The minimum atomic E-state index is -0.340. The first-order valence-corrected chi connectivity index (χ1v) is 12.6. The maximum atomic E-state index is 13.5. The zero-order valence-electron chi connectivity index (χ0n) is 20.9. The Labute approximate surface area is 219 Å². The first-order valence-electron chi connectivity index (χ1n) is 12.6. The summed E-state index contributed by atoms with van der Waals surface area (Å²) in [5, 5.41) is 2.97. The highest BCUT2D eigenvalue weighted by Gasteiger charge is 2.25. The minimum Gasteiger partial charge on any atom is -0.494 e. The molecule has 6 rings (SSSR count). The second-order valence-electron chi connectivity index (χ2n) is 9.05. The van der Waals surface area contributed by atoms with Crippen LogP contribution in [0.3, 0.4) is 0 Å². The molecule has 3 heterocycles. The first-order chi connectivity index (χ1) is 18.6. The number of amides is 1. The fraction of sp³-hybridized carbons (Fsp3) is 0.207. The van der Waals surface area contributed by atoms with E-state index in [1.165, 1.54) is 0 Å². The van der Waals surface area contributed by atoms with Crippen molar-refractivity contribution in [1.29, 1.82) is 0 Å². The number of carbonyl (C=O) groups excluding carboxylic acids is 1. The molecule has 2 aromatic heterocycles. The number of nitrogen functional groups attached to an aromatic ring is 1. The monoisotopic (exact) mass is 509 g/mol. The van der Waals surface area contributed by atoms with Crippen LogP contribution in [0.1, 0.15) is 35.7 Å². The van der Waals surface area contributed by atoms with Crippen molar-refractivity contribution in [3.63, 3.8) is 0 Å². The second-order valence-corrected chi connectivity index (χ2v) is 9.05. The van der Waals surface area contributed by atoms with E-state index in [1.54, 1.807) is 4.57 Å². The van der Waals surface area contributed by atoms with Gasteiger partial charge >= 0.3 is 0 Å². The van der Waals surface area contributed by atoms with Crippen molar-refractivity contribution in [3.05, 3.63) is 77.9 Å². The molecular formula is C29H27N5O4. The summed E-state index contributed by atoms with van der Waals surface area (Å²) in [4.78, 5) is 23.1. The van der Waals surface area contributed by atoms with E-state index >= 15 is 0 Å². The average molecular weight is 510 g/mol. The van der Waals surface area contributed by atoms with E-state index in [-0.39, 0.29) is 30.6 Å². The van der Waals surface area contributed by atoms with E-state index in [1.807, 2.05) is 66.7 Å². The number of anilines is 1. The van der Waals surface area contributed by atoms with Gasteiger partial charge in [-0.2, -0.15) is 0 Å². The molecule has 0 atom stereocenters. The molecule has 1 aliphatic rings. The number of benzene rings is 3. The highest BCUT2D eigenvalue weighted by atomic mass is 16.7. The molecular weight excluding hydrogens is 482 g/mol. The van der Waals surface area contributed by atoms with E-state index in [0.717, 1.165) is 29.8 Å². The lowest BCUT2D eigenvalue weighted by Crippen LogP contribution is -2.24. The highest BCUT2D eigenvalue weighted by Crippen LogP contribution is 2.33. The van der Waals surface area contributed by atoms with Gasteiger partial charge in [-0.3, -0.25) is 9.36 Å². The maximum Gasteiger partial charge on any atom is 0.257 e. The van der Waals surface area contributed by atoms with Gasteiger partial charge in [0, 0.05) is 12.2 Å². The molecule has 38 heavy (non-hydrogen) atoms. The Hall–Kier alpha value is -4.79. The molecule has 5 aromatic rings. The molecule has 0 saturated heterocycles. The average Bonchev–Trinajstić information content (AvgIpc) is 3.52. The normalized spacial score (nSPS) is 12.2. The number of hydrogen-bond acceptors (Lipinski definition) is 7. The molecule has 0 bridgehead atoms. The number of fused-ring (bicyclic) bond motifs is 3. The molecule has 192 valence electrons. The fourth-order valence-corrected chi connectivity index (χ4v) is 4.49. The maximum absolute atomic E-state index is 13.5. The molecule has 3 N–H and O–H groups in total. The second kappa shape index (κ2) is 9.93. The van der Waals surface area contributed by atoms with Gasteiger partial charge in [-0.1, -0.05) is 31.5 Å². The molecule has 9 nitrogen and oxygen atoms in total. The Morgan fingerprint density at radius 1 is 1.03 bits per heavy atom. The Balaban J connectivity index is 1.37. The zero-order chi connectivity index (χ0) is 26.1. The molecule has 0 unspecified atom stereocenters. The van der Waals surface area contributed by atoms with Gasteiger partial charge in [-0.05, 0) is 60.5 Å². The van der Waals surface area contributed by atoms with Gasteiger partial charge in [0.15, 0.2) is 17.1 Å². The smallest absolute Gasteiger partial charge is 0.257 e. The van der Waals surface area contributed by atoms with Crippen LogP contribution >= 0.6 is 0 Å². The van der Waals surface area contributed by atoms with Gasteiger partial charge in [-0.15, -0.1) is 0 Å². The van der Waals surface area contributed by atoms with Crippen molar-refractivity contribution in [3.8, 4) is 22.9 Å². The number of para-hydroxylation sites is 2. The summed E-state index contributed by atoms with van der Waals surface area (Å²) in [6, 6.07) is 20.7. The number of hydrogen-bond donors (Lipinski definition) is 2. The van der Waals surface area contributed by atoms with Crippen molar-refractivity contribution >= 4 is 33.9 Å². The number of nitrogens with two attached hydrogens (primary N) is 1. The van der Waals surface area contributed by atoms with Crippen LogP contribution in [0.4, 0.5) is 5.82 Å². The third-order valence-electron chi connectivity index (χ3n) is 6.48. The van der Waals surface area contributed by atoms with E-state index in [2.05, 4.69) is 12.2 Å². The van der Waals surface area contributed by atoms with E-state index < -0.39 is 0 Å². The van der Waals surface area contributed by atoms with Crippen LogP contribution in [0.5, 0.6) is 17.2 Å². The van der Waals surface area contributed by atoms with Crippen molar-refractivity contribution in [2.24, 2.45) is 0 Å². The number of carbonyl (C=O) groups is 1. The Kier molecular flexibility index (Phi) is 6.17. The minimum absolute atomic E-state index is 0.194. The third-order valence-corrected chi connectivity index (χ3v) is 6.48. The topological polar surface area (TPSA) is 114 Å². The van der Waals surface area contributed by atoms with E-state index in [9.17, 15) is 4.79 Å². The molecule has 0 aliphatic carbocycles. The molecule has 0 radical (unpaired) electrons. The summed E-state index contributed by atoms with van der Waals surface area (Å²) in [7, 11) is 0. The van der Waals surface area contributed by atoms with Crippen molar-refractivity contribution in [2.45, 2.75) is 26.3 Å². The molecule has 1 amide bonds. The molecule has 1 aliphatic heterocycles. The van der Waals surface area contributed by atoms with E-state index in [4.69, 9.17) is 29.9 Å².